The minimum Gasteiger partial charge on any atom is -0.481 e. The monoisotopic (exact) mass is 184 g/mol. The van der Waals surface area contributed by atoms with Crippen LogP contribution < -0.4 is 0 Å². The van der Waals surface area contributed by atoms with Crippen LogP contribution in [0.4, 0.5) is 0 Å². The van der Waals surface area contributed by atoms with Gasteiger partial charge in [0.15, 0.2) is 0 Å². The van der Waals surface area contributed by atoms with Crippen LogP contribution in [0.25, 0.3) is 0 Å². The normalized spacial score (nSPS) is 10.5. The van der Waals surface area contributed by atoms with Gasteiger partial charge < -0.3 is 5.11 Å². The molecular formula is C8H16CaO2. The standard InChI is InChI=1S/C8H16O2.Ca/c1-4-5-6-8(2,3)7(9)10;/h4-6H2,1-3H3,(H,9,10);. The Morgan fingerprint density at radius 1 is 1.45 bits per heavy atom. The Kier molecular flexibility index (Phi) is 8.13. The fraction of sp³-hybridized carbons (Fsp3) is 0.875. The second-order valence-corrected chi connectivity index (χ2v) is 3.29. The van der Waals surface area contributed by atoms with Crippen molar-refractivity contribution in [2.45, 2.75) is 40.0 Å². The molecule has 0 atom stereocenters. The summed E-state index contributed by atoms with van der Waals surface area (Å²) in [6, 6.07) is 0. The number of rotatable bonds is 4. The predicted octanol–water partition coefficient (Wildman–Crippen LogP) is 1.91. The molecule has 0 fully saturated rings. The molecular weight excluding hydrogens is 168 g/mol. The van der Waals surface area contributed by atoms with Crippen molar-refractivity contribution in [3.05, 3.63) is 0 Å². The Balaban J connectivity index is 0. The summed E-state index contributed by atoms with van der Waals surface area (Å²) < 4.78 is 0. The third kappa shape index (κ3) is 5.94. The molecule has 2 nitrogen and oxygen atoms in total. The topological polar surface area (TPSA) is 37.3 Å². The fourth-order valence-electron chi connectivity index (χ4n) is 0.726. The molecule has 0 aromatic carbocycles. The van der Waals surface area contributed by atoms with Gasteiger partial charge in [0.2, 0.25) is 0 Å². The number of hydrogen-bond acceptors (Lipinski definition) is 1. The van der Waals surface area contributed by atoms with Gasteiger partial charge in [0, 0.05) is 37.7 Å². The Labute approximate surface area is 98.4 Å². The van der Waals surface area contributed by atoms with E-state index < -0.39 is 11.4 Å². The molecule has 0 amide bonds. The molecule has 2 radical (unpaired) electrons. The Hall–Kier alpha value is 0.730. The zero-order chi connectivity index (χ0) is 8.20. The van der Waals surface area contributed by atoms with E-state index in [4.69, 9.17) is 5.11 Å². The first-order valence-corrected chi connectivity index (χ1v) is 3.74. The van der Waals surface area contributed by atoms with Gasteiger partial charge in [-0.15, -0.1) is 0 Å². The van der Waals surface area contributed by atoms with Crippen molar-refractivity contribution in [3.8, 4) is 0 Å². The van der Waals surface area contributed by atoms with Gasteiger partial charge in [-0.05, 0) is 20.3 Å². The van der Waals surface area contributed by atoms with Gasteiger partial charge in [-0.3, -0.25) is 4.79 Å². The first kappa shape index (κ1) is 14.3. The van der Waals surface area contributed by atoms with E-state index in [1.54, 1.807) is 13.8 Å². The van der Waals surface area contributed by atoms with Crippen molar-refractivity contribution >= 4 is 43.7 Å². The molecule has 0 spiro atoms. The molecule has 0 aliphatic heterocycles. The van der Waals surface area contributed by atoms with E-state index in [1.165, 1.54) is 0 Å². The molecule has 0 unspecified atom stereocenters. The number of carbonyl (C=O) groups is 1. The van der Waals surface area contributed by atoms with E-state index in [1.807, 2.05) is 0 Å². The van der Waals surface area contributed by atoms with Gasteiger partial charge in [-0.1, -0.05) is 19.8 Å². The van der Waals surface area contributed by atoms with Crippen LogP contribution in [0.15, 0.2) is 0 Å². The summed E-state index contributed by atoms with van der Waals surface area (Å²) in [5, 5.41) is 8.67. The van der Waals surface area contributed by atoms with E-state index in [0.29, 0.717) is 0 Å². The molecule has 1 N–H and O–H groups in total. The van der Waals surface area contributed by atoms with E-state index in [-0.39, 0.29) is 37.7 Å². The SMILES string of the molecule is CCCCC(C)(C)C(=O)O.[Ca]. The number of hydrogen-bond donors (Lipinski definition) is 1. The first-order chi connectivity index (χ1) is 4.50. The van der Waals surface area contributed by atoms with E-state index in [0.717, 1.165) is 19.3 Å². The molecule has 62 valence electrons. The molecule has 0 aromatic rings. The van der Waals surface area contributed by atoms with Crippen LogP contribution >= 0.6 is 0 Å². The second-order valence-electron chi connectivity index (χ2n) is 3.29. The maximum Gasteiger partial charge on any atom is 0.309 e. The van der Waals surface area contributed by atoms with Gasteiger partial charge in [0.1, 0.15) is 0 Å². The van der Waals surface area contributed by atoms with Crippen molar-refractivity contribution in [1.82, 2.24) is 0 Å². The largest absolute Gasteiger partial charge is 0.481 e. The minimum absolute atomic E-state index is 0. The zero-order valence-corrected chi connectivity index (χ0v) is 9.89. The van der Waals surface area contributed by atoms with E-state index in [2.05, 4.69) is 6.92 Å². The Bertz CT molecular complexity index is 121. The smallest absolute Gasteiger partial charge is 0.309 e. The first-order valence-electron chi connectivity index (χ1n) is 3.74. The summed E-state index contributed by atoms with van der Waals surface area (Å²) >= 11 is 0. The molecule has 0 bridgehead atoms. The maximum atomic E-state index is 10.5. The van der Waals surface area contributed by atoms with Gasteiger partial charge in [-0.25, -0.2) is 0 Å². The van der Waals surface area contributed by atoms with Crippen LogP contribution in [0.5, 0.6) is 0 Å². The maximum absolute atomic E-state index is 10.5. The van der Waals surface area contributed by atoms with Crippen LogP contribution in [0.2, 0.25) is 0 Å². The van der Waals surface area contributed by atoms with Crippen molar-refractivity contribution < 1.29 is 9.90 Å². The van der Waals surface area contributed by atoms with Gasteiger partial charge in [0.25, 0.3) is 0 Å². The van der Waals surface area contributed by atoms with Gasteiger partial charge >= 0.3 is 5.97 Å². The molecule has 0 aliphatic carbocycles. The number of aliphatic carboxylic acids is 1. The van der Waals surface area contributed by atoms with Gasteiger partial charge in [0.05, 0.1) is 5.41 Å². The van der Waals surface area contributed by atoms with Crippen LogP contribution in [-0.4, -0.2) is 48.8 Å². The van der Waals surface area contributed by atoms with Crippen LogP contribution in [0, 0.1) is 5.41 Å². The van der Waals surface area contributed by atoms with Crippen molar-refractivity contribution in [2.75, 3.05) is 0 Å². The van der Waals surface area contributed by atoms with Crippen molar-refractivity contribution in [1.29, 1.82) is 0 Å². The van der Waals surface area contributed by atoms with Crippen LogP contribution in [0.1, 0.15) is 40.0 Å². The second kappa shape index (κ2) is 6.27. The molecule has 0 aromatic heterocycles. The fourth-order valence-corrected chi connectivity index (χ4v) is 0.726. The van der Waals surface area contributed by atoms with Crippen LogP contribution in [0.3, 0.4) is 0 Å². The summed E-state index contributed by atoms with van der Waals surface area (Å²) in [6.07, 6.45) is 2.84. The molecule has 0 aliphatic rings. The third-order valence-electron chi connectivity index (χ3n) is 1.73. The predicted molar refractivity (Wildman–Crippen MR) is 46.7 cm³/mol. The molecule has 0 rings (SSSR count). The summed E-state index contributed by atoms with van der Waals surface area (Å²) in [4.78, 5) is 10.5. The molecule has 0 heterocycles. The Morgan fingerprint density at radius 3 is 2.18 bits per heavy atom. The summed E-state index contributed by atoms with van der Waals surface area (Å²) in [5.74, 6) is -0.694. The number of carboxylic acids is 1. The summed E-state index contributed by atoms with van der Waals surface area (Å²) in [6.45, 7) is 5.61. The average molecular weight is 184 g/mol. The molecule has 11 heavy (non-hydrogen) atoms. The van der Waals surface area contributed by atoms with Crippen molar-refractivity contribution in [3.63, 3.8) is 0 Å². The summed E-state index contributed by atoms with van der Waals surface area (Å²) in [7, 11) is 0. The molecule has 0 saturated carbocycles. The molecule has 3 heteroatoms. The van der Waals surface area contributed by atoms with Gasteiger partial charge in [-0.2, -0.15) is 0 Å². The van der Waals surface area contributed by atoms with E-state index >= 15 is 0 Å². The average Bonchev–Trinajstić information content (AvgIpc) is 1.84. The Morgan fingerprint density at radius 2 is 1.91 bits per heavy atom. The van der Waals surface area contributed by atoms with E-state index in [9.17, 15) is 4.79 Å². The van der Waals surface area contributed by atoms with Crippen molar-refractivity contribution in [2.24, 2.45) is 5.41 Å². The minimum atomic E-state index is -0.694. The number of carboxylic acid groups (broad SMARTS) is 1. The van der Waals surface area contributed by atoms with Crippen LogP contribution in [-0.2, 0) is 4.79 Å². The quantitative estimate of drug-likeness (QED) is 0.678. The zero-order valence-electron chi connectivity index (χ0n) is 7.68. The molecule has 0 saturated heterocycles. The summed E-state index contributed by atoms with van der Waals surface area (Å²) in [5.41, 5.74) is -0.532. The number of unbranched alkanes of at least 4 members (excludes halogenated alkanes) is 1. The third-order valence-corrected chi connectivity index (χ3v) is 1.73.